The molecule has 1 aromatic carbocycles. The maximum atomic E-state index is 9.48. The van der Waals surface area contributed by atoms with Crippen molar-refractivity contribution in [3.63, 3.8) is 0 Å². The van der Waals surface area contributed by atoms with Crippen LogP contribution in [0.4, 0.5) is 0 Å². The molecule has 6 heteroatoms. The van der Waals surface area contributed by atoms with Crippen molar-refractivity contribution in [3.8, 4) is 17.5 Å². The maximum absolute atomic E-state index is 9.48. The number of halogens is 1. The molecular weight excluding hydrogens is 298 g/mol. The molecule has 0 bridgehead atoms. The van der Waals surface area contributed by atoms with Gasteiger partial charge in [-0.15, -0.1) is 0 Å². The minimum absolute atomic E-state index is 0.0484. The molecule has 1 atom stereocenters. The van der Waals surface area contributed by atoms with Crippen molar-refractivity contribution in [2.24, 2.45) is 0 Å². The Balaban J connectivity index is 2.16. The summed E-state index contributed by atoms with van der Waals surface area (Å²) in [5, 5.41) is 21.8. The molecule has 0 spiro atoms. The van der Waals surface area contributed by atoms with Crippen LogP contribution in [-0.4, -0.2) is 21.4 Å². The number of aromatic nitrogens is 2. The van der Waals surface area contributed by atoms with Gasteiger partial charge in [-0.05, 0) is 12.1 Å². The number of nitrogens with zero attached hydrogens (tertiary/aromatic N) is 3. The van der Waals surface area contributed by atoms with E-state index in [0.717, 1.165) is 10.0 Å². The summed E-state index contributed by atoms with van der Waals surface area (Å²) < 4.78 is 5.91. The second kappa shape index (κ2) is 5.76. The van der Waals surface area contributed by atoms with Crippen LogP contribution in [0.2, 0.25) is 0 Å². The fraction of sp³-hybridized carbons (Fsp3) is 0.250. The lowest BCUT2D eigenvalue weighted by Gasteiger charge is -2.00. The first-order valence-electron chi connectivity index (χ1n) is 5.33. The number of aliphatic hydroxyl groups is 1. The first-order valence-corrected chi connectivity index (χ1v) is 6.12. The van der Waals surface area contributed by atoms with E-state index in [1.807, 2.05) is 30.3 Å². The summed E-state index contributed by atoms with van der Waals surface area (Å²) in [6.07, 6.45) is -0.542. The lowest BCUT2D eigenvalue weighted by atomic mass is 10.2. The van der Waals surface area contributed by atoms with E-state index >= 15 is 0 Å². The van der Waals surface area contributed by atoms with Crippen LogP contribution in [0, 0.1) is 11.3 Å². The van der Waals surface area contributed by atoms with Crippen LogP contribution in [0.15, 0.2) is 33.3 Å². The van der Waals surface area contributed by atoms with Crippen LogP contribution >= 0.6 is 15.9 Å². The summed E-state index contributed by atoms with van der Waals surface area (Å²) in [4.78, 5) is 4.19. The molecule has 5 nitrogen and oxygen atoms in total. The minimum atomic E-state index is -0.775. The Morgan fingerprint density at radius 1 is 1.44 bits per heavy atom. The number of hydrogen-bond acceptors (Lipinski definition) is 5. The Morgan fingerprint density at radius 2 is 2.22 bits per heavy atom. The fourth-order valence-electron chi connectivity index (χ4n) is 1.47. The Bertz CT molecular complexity index is 577. The van der Waals surface area contributed by atoms with Crippen LogP contribution in [0.3, 0.4) is 0 Å². The SMILES string of the molecule is N#CCC(O)Cc1nc(-c2ccccc2Br)no1. The Morgan fingerprint density at radius 3 is 2.94 bits per heavy atom. The molecule has 1 aromatic heterocycles. The molecule has 92 valence electrons. The van der Waals surface area contributed by atoms with Crippen LogP contribution in [0.1, 0.15) is 12.3 Å². The number of benzene rings is 1. The van der Waals surface area contributed by atoms with E-state index < -0.39 is 6.10 Å². The zero-order valence-electron chi connectivity index (χ0n) is 9.38. The van der Waals surface area contributed by atoms with E-state index in [1.54, 1.807) is 0 Å². The first kappa shape index (κ1) is 12.7. The number of hydrogen-bond donors (Lipinski definition) is 1. The normalized spacial score (nSPS) is 12.1. The van der Waals surface area contributed by atoms with Crippen LogP contribution in [-0.2, 0) is 6.42 Å². The van der Waals surface area contributed by atoms with Gasteiger partial charge in [0.2, 0.25) is 11.7 Å². The van der Waals surface area contributed by atoms with Crippen molar-refractivity contribution >= 4 is 15.9 Å². The van der Waals surface area contributed by atoms with E-state index in [9.17, 15) is 5.11 Å². The summed E-state index contributed by atoms with van der Waals surface area (Å²) in [5.74, 6) is 0.783. The van der Waals surface area contributed by atoms with E-state index in [1.165, 1.54) is 0 Å². The molecule has 0 aliphatic carbocycles. The highest BCUT2D eigenvalue weighted by molar-refractivity contribution is 9.10. The molecule has 0 aliphatic rings. The highest BCUT2D eigenvalue weighted by Gasteiger charge is 2.14. The summed E-state index contributed by atoms with van der Waals surface area (Å²) in [5.41, 5.74) is 0.822. The fourth-order valence-corrected chi connectivity index (χ4v) is 1.93. The van der Waals surface area contributed by atoms with Crippen LogP contribution in [0.5, 0.6) is 0 Å². The average Bonchev–Trinajstić information content (AvgIpc) is 2.78. The van der Waals surface area contributed by atoms with Gasteiger partial charge >= 0.3 is 0 Å². The predicted molar refractivity (Wildman–Crippen MR) is 67.4 cm³/mol. The zero-order chi connectivity index (χ0) is 13.0. The lowest BCUT2D eigenvalue weighted by molar-refractivity contribution is 0.167. The van der Waals surface area contributed by atoms with E-state index in [4.69, 9.17) is 9.78 Å². The number of nitriles is 1. The molecule has 1 unspecified atom stereocenters. The lowest BCUT2D eigenvalue weighted by Crippen LogP contribution is -2.09. The minimum Gasteiger partial charge on any atom is -0.392 e. The van der Waals surface area contributed by atoms with E-state index in [2.05, 4.69) is 26.1 Å². The van der Waals surface area contributed by atoms with Crippen molar-refractivity contribution in [1.29, 1.82) is 5.26 Å². The summed E-state index contributed by atoms with van der Waals surface area (Å²) in [6, 6.07) is 9.41. The van der Waals surface area contributed by atoms with Crippen molar-refractivity contribution in [3.05, 3.63) is 34.6 Å². The first-order chi connectivity index (χ1) is 8.70. The van der Waals surface area contributed by atoms with Crippen LogP contribution < -0.4 is 0 Å². The van der Waals surface area contributed by atoms with Crippen LogP contribution in [0.25, 0.3) is 11.4 Å². The molecule has 0 saturated carbocycles. The molecule has 0 aliphatic heterocycles. The van der Waals surface area contributed by atoms with Gasteiger partial charge < -0.3 is 9.63 Å². The third-order valence-corrected chi connectivity index (χ3v) is 3.01. The van der Waals surface area contributed by atoms with Gasteiger partial charge in [0, 0.05) is 10.0 Å². The van der Waals surface area contributed by atoms with Crippen molar-refractivity contribution in [1.82, 2.24) is 10.1 Å². The van der Waals surface area contributed by atoms with E-state index in [0.29, 0.717) is 11.7 Å². The highest BCUT2D eigenvalue weighted by atomic mass is 79.9. The quantitative estimate of drug-likeness (QED) is 0.937. The highest BCUT2D eigenvalue weighted by Crippen LogP contribution is 2.25. The number of aliphatic hydroxyl groups excluding tert-OH is 1. The smallest absolute Gasteiger partial charge is 0.229 e. The molecule has 0 radical (unpaired) electrons. The molecule has 0 fully saturated rings. The Labute approximate surface area is 112 Å². The molecule has 1 heterocycles. The Hall–Kier alpha value is -1.71. The van der Waals surface area contributed by atoms with Gasteiger partial charge in [0.25, 0.3) is 0 Å². The van der Waals surface area contributed by atoms with Crippen molar-refractivity contribution in [2.75, 3.05) is 0 Å². The van der Waals surface area contributed by atoms with Crippen molar-refractivity contribution in [2.45, 2.75) is 18.9 Å². The van der Waals surface area contributed by atoms with Gasteiger partial charge in [0.1, 0.15) is 0 Å². The molecular formula is C12H10BrN3O2. The third kappa shape index (κ3) is 2.94. The van der Waals surface area contributed by atoms with Gasteiger partial charge in [0.15, 0.2) is 0 Å². The Kier molecular flexibility index (Phi) is 4.07. The standard InChI is InChI=1S/C12H10BrN3O2/c13-10-4-2-1-3-9(10)12-15-11(18-16-12)7-8(17)5-6-14/h1-4,8,17H,5,7H2. The maximum Gasteiger partial charge on any atom is 0.229 e. The molecule has 2 aromatic rings. The number of rotatable bonds is 4. The molecule has 18 heavy (non-hydrogen) atoms. The van der Waals surface area contributed by atoms with Crippen molar-refractivity contribution < 1.29 is 9.63 Å². The molecule has 0 amide bonds. The molecule has 0 saturated heterocycles. The summed E-state index contributed by atoms with van der Waals surface area (Å²) in [6.45, 7) is 0. The zero-order valence-corrected chi connectivity index (χ0v) is 11.0. The second-order valence-corrected chi connectivity index (χ2v) is 4.57. The largest absolute Gasteiger partial charge is 0.392 e. The monoisotopic (exact) mass is 307 g/mol. The predicted octanol–water partition coefficient (Wildman–Crippen LogP) is 2.32. The summed E-state index contributed by atoms with van der Waals surface area (Å²) in [7, 11) is 0. The van der Waals surface area contributed by atoms with Gasteiger partial charge in [-0.2, -0.15) is 10.2 Å². The molecule has 1 N–H and O–H groups in total. The average molecular weight is 308 g/mol. The topological polar surface area (TPSA) is 82.9 Å². The second-order valence-electron chi connectivity index (χ2n) is 3.71. The third-order valence-electron chi connectivity index (χ3n) is 2.32. The van der Waals surface area contributed by atoms with Gasteiger partial charge in [-0.3, -0.25) is 0 Å². The van der Waals surface area contributed by atoms with E-state index in [-0.39, 0.29) is 12.8 Å². The van der Waals surface area contributed by atoms with Gasteiger partial charge in [0.05, 0.1) is 25.0 Å². The summed E-state index contributed by atoms with van der Waals surface area (Å²) >= 11 is 3.40. The van der Waals surface area contributed by atoms with Gasteiger partial charge in [-0.1, -0.05) is 33.2 Å². The van der Waals surface area contributed by atoms with Gasteiger partial charge in [-0.25, -0.2) is 0 Å². The molecule has 2 rings (SSSR count).